The maximum absolute atomic E-state index is 5.44. The molecule has 1 rings (SSSR count). The summed E-state index contributed by atoms with van der Waals surface area (Å²) in [6.45, 7) is 4.32. The van der Waals surface area contributed by atoms with Gasteiger partial charge in [0.05, 0.1) is 12.2 Å². The van der Waals surface area contributed by atoms with Gasteiger partial charge in [-0.05, 0) is 25.7 Å². The van der Waals surface area contributed by atoms with Crippen LogP contribution in [0.2, 0.25) is 0 Å². The van der Waals surface area contributed by atoms with Gasteiger partial charge in [0.25, 0.3) is 0 Å². The zero-order valence-corrected chi connectivity index (χ0v) is 6.97. The molecule has 0 saturated carbocycles. The van der Waals surface area contributed by atoms with Crippen molar-refractivity contribution in [1.29, 1.82) is 0 Å². The Labute approximate surface area is 63.8 Å². The van der Waals surface area contributed by atoms with Crippen molar-refractivity contribution in [3.05, 3.63) is 6.42 Å². The lowest BCUT2D eigenvalue weighted by Gasteiger charge is -1.90. The quantitative estimate of drug-likeness (QED) is 0.536. The van der Waals surface area contributed by atoms with Gasteiger partial charge in [0, 0.05) is 0 Å². The molecule has 0 spiro atoms. The van der Waals surface area contributed by atoms with Gasteiger partial charge in [0.15, 0.2) is 0 Å². The van der Waals surface area contributed by atoms with E-state index in [2.05, 4.69) is 20.3 Å². The van der Waals surface area contributed by atoms with Crippen LogP contribution in [0.4, 0.5) is 0 Å². The van der Waals surface area contributed by atoms with Gasteiger partial charge >= 0.3 is 0 Å². The first-order valence-electron chi connectivity index (χ1n) is 4.31. The first kappa shape index (κ1) is 8.06. The predicted octanol–water partition coefficient (Wildman–Crippen LogP) is 2.56. The molecule has 1 radical (unpaired) electrons. The maximum Gasteiger partial charge on any atom is 0.0842 e. The predicted molar refractivity (Wildman–Crippen MR) is 42.8 cm³/mol. The van der Waals surface area contributed by atoms with Gasteiger partial charge in [-0.3, -0.25) is 0 Å². The van der Waals surface area contributed by atoms with Crippen LogP contribution in [0.3, 0.4) is 0 Å². The van der Waals surface area contributed by atoms with Crippen molar-refractivity contribution in [1.82, 2.24) is 0 Å². The Balaban J connectivity index is 1.92. The van der Waals surface area contributed by atoms with Gasteiger partial charge in [-0.2, -0.15) is 0 Å². The molecule has 2 atom stereocenters. The fourth-order valence-corrected chi connectivity index (χ4v) is 1.30. The molecule has 0 amide bonds. The highest BCUT2D eigenvalue weighted by molar-refractivity contribution is 4.84. The lowest BCUT2D eigenvalue weighted by molar-refractivity contribution is 0.355. The Morgan fingerprint density at radius 2 is 2.00 bits per heavy atom. The molecule has 59 valence electrons. The molecule has 0 bridgehead atoms. The van der Waals surface area contributed by atoms with Crippen LogP contribution in [0, 0.1) is 6.42 Å². The van der Waals surface area contributed by atoms with E-state index in [-0.39, 0.29) is 0 Å². The van der Waals surface area contributed by atoms with Crippen molar-refractivity contribution >= 4 is 0 Å². The first-order valence-corrected chi connectivity index (χ1v) is 4.31. The minimum atomic E-state index is 0.608. The molecule has 0 N–H and O–H groups in total. The van der Waals surface area contributed by atoms with E-state index in [9.17, 15) is 0 Å². The van der Waals surface area contributed by atoms with Crippen molar-refractivity contribution in [3.63, 3.8) is 0 Å². The zero-order valence-electron chi connectivity index (χ0n) is 6.97. The van der Waals surface area contributed by atoms with Crippen LogP contribution in [0.1, 0.15) is 39.5 Å². The van der Waals surface area contributed by atoms with Crippen LogP contribution < -0.4 is 0 Å². The summed E-state index contributed by atoms with van der Waals surface area (Å²) in [6, 6.07) is 0. The summed E-state index contributed by atoms with van der Waals surface area (Å²) in [5.74, 6) is 0. The van der Waals surface area contributed by atoms with E-state index in [4.69, 9.17) is 4.74 Å². The van der Waals surface area contributed by atoms with Crippen molar-refractivity contribution in [3.8, 4) is 0 Å². The van der Waals surface area contributed by atoms with E-state index >= 15 is 0 Å². The Kier molecular flexibility index (Phi) is 3.20. The molecule has 0 aromatic heterocycles. The topological polar surface area (TPSA) is 12.5 Å². The van der Waals surface area contributed by atoms with E-state index in [0.717, 1.165) is 0 Å². The summed E-state index contributed by atoms with van der Waals surface area (Å²) >= 11 is 0. The summed E-state index contributed by atoms with van der Waals surface area (Å²) < 4.78 is 5.44. The van der Waals surface area contributed by atoms with Gasteiger partial charge < -0.3 is 4.74 Å². The molecule has 1 fully saturated rings. The van der Waals surface area contributed by atoms with E-state index < -0.39 is 0 Å². The molecule has 1 heteroatoms. The third-order valence-electron chi connectivity index (χ3n) is 2.00. The van der Waals surface area contributed by atoms with Crippen LogP contribution in [0.25, 0.3) is 0 Å². The molecule has 10 heavy (non-hydrogen) atoms. The summed E-state index contributed by atoms with van der Waals surface area (Å²) in [6.07, 6.45) is 8.41. The Morgan fingerprint density at radius 1 is 1.30 bits per heavy atom. The highest BCUT2D eigenvalue weighted by Gasteiger charge is 2.36. The smallest absolute Gasteiger partial charge is 0.0842 e. The third-order valence-corrected chi connectivity index (χ3v) is 2.00. The summed E-state index contributed by atoms with van der Waals surface area (Å²) in [7, 11) is 0. The van der Waals surface area contributed by atoms with E-state index in [1.54, 1.807) is 0 Å². The summed E-state index contributed by atoms with van der Waals surface area (Å²) in [5, 5.41) is 0. The zero-order chi connectivity index (χ0) is 7.40. The van der Waals surface area contributed by atoms with Gasteiger partial charge in [-0.15, -0.1) is 0 Å². The molecule has 2 unspecified atom stereocenters. The van der Waals surface area contributed by atoms with Gasteiger partial charge in [-0.1, -0.05) is 20.3 Å². The highest BCUT2D eigenvalue weighted by Crippen LogP contribution is 2.30. The fourth-order valence-electron chi connectivity index (χ4n) is 1.30. The van der Waals surface area contributed by atoms with Crippen LogP contribution in [0.5, 0.6) is 0 Å². The van der Waals surface area contributed by atoms with Gasteiger partial charge in [0.2, 0.25) is 0 Å². The average Bonchev–Trinajstić information content (AvgIpc) is 2.65. The first-order chi connectivity index (χ1) is 4.88. The minimum absolute atomic E-state index is 0.608. The summed E-state index contributed by atoms with van der Waals surface area (Å²) in [4.78, 5) is 0. The number of epoxide rings is 1. The monoisotopic (exact) mass is 141 g/mol. The molecule has 1 heterocycles. The van der Waals surface area contributed by atoms with Crippen molar-refractivity contribution in [2.75, 3.05) is 0 Å². The lowest BCUT2D eigenvalue weighted by atomic mass is 10.1. The Hall–Kier alpha value is -0.0400. The molecule has 1 aliphatic rings. The number of ether oxygens (including phenoxy) is 1. The van der Waals surface area contributed by atoms with Crippen LogP contribution >= 0.6 is 0 Å². The van der Waals surface area contributed by atoms with Crippen LogP contribution in [-0.2, 0) is 4.74 Å². The maximum atomic E-state index is 5.44. The Morgan fingerprint density at radius 3 is 2.60 bits per heavy atom. The molecular weight excluding hydrogens is 124 g/mol. The summed E-state index contributed by atoms with van der Waals surface area (Å²) in [5.41, 5.74) is 0. The van der Waals surface area contributed by atoms with Crippen molar-refractivity contribution < 1.29 is 4.74 Å². The second-order valence-corrected chi connectivity index (χ2v) is 2.99. The molecule has 1 aliphatic heterocycles. The lowest BCUT2D eigenvalue weighted by Crippen LogP contribution is -1.92. The van der Waals surface area contributed by atoms with Crippen molar-refractivity contribution in [2.45, 2.75) is 51.7 Å². The number of hydrogen-bond acceptors (Lipinski definition) is 1. The van der Waals surface area contributed by atoms with Crippen molar-refractivity contribution in [2.24, 2.45) is 0 Å². The van der Waals surface area contributed by atoms with Gasteiger partial charge in [-0.25, -0.2) is 0 Å². The standard InChI is InChI=1S/C9H17O/c1-3-5-7-9-8(10-9)6-4-2/h3,8-9H,4-7H2,1-2H3. The number of hydrogen-bond donors (Lipinski definition) is 0. The Bertz CT molecular complexity index is 90.7. The average molecular weight is 141 g/mol. The second kappa shape index (κ2) is 3.97. The molecule has 0 aliphatic carbocycles. The number of unbranched alkanes of at least 4 members (excludes halogenated alkanes) is 1. The second-order valence-electron chi connectivity index (χ2n) is 2.99. The molecule has 1 saturated heterocycles. The molecule has 0 aromatic rings. The SMILES string of the molecule is C[CH]CCC1OC1CCC. The third kappa shape index (κ3) is 2.30. The van der Waals surface area contributed by atoms with Gasteiger partial charge in [0.1, 0.15) is 0 Å². The normalized spacial score (nSPS) is 30.6. The fraction of sp³-hybridized carbons (Fsp3) is 0.889. The molecular formula is C9H17O. The minimum Gasteiger partial charge on any atom is -0.370 e. The molecule has 0 aromatic carbocycles. The largest absolute Gasteiger partial charge is 0.370 e. The molecule has 1 nitrogen and oxygen atoms in total. The van der Waals surface area contributed by atoms with E-state index in [1.165, 1.54) is 25.7 Å². The van der Waals surface area contributed by atoms with E-state index in [0.29, 0.717) is 12.2 Å². The van der Waals surface area contributed by atoms with E-state index in [1.807, 2.05) is 0 Å². The number of rotatable bonds is 5. The van der Waals surface area contributed by atoms with Crippen LogP contribution in [-0.4, -0.2) is 12.2 Å². The van der Waals surface area contributed by atoms with Crippen LogP contribution in [0.15, 0.2) is 0 Å². The highest BCUT2D eigenvalue weighted by atomic mass is 16.6.